The van der Waals surface area contributed by atoms with Gasteiger partial charge in [-0.2, -0.15) is 5.10 Å². The molecule has 8 nitrogen and oxygen atoms in total. The molecule has 0 spiro atoms. The molecule has 3 aromatic rings. The Morgan fingerprint density at radius 3 is 2.36 bits per heavy atom. The van der Waals surface area contributed by atoms with Crippen LogP contribution in [0.25, 0.3) is 5.69 Å². The highest BCUT2D eigenvalue weighted by molar-refractivity contribution is 6.09. The molecule has 3 N–H and O–H groups in total. The summed E-state index contributed by atoms with van der Waals surface area (Å²) >= 11 is 0. The molecule has 8 heteroatoms. The van der Waals surface area contributed by atoms with Crippen LogP contribution < -0.4 is 20.7 Å². The number of methoxy groups -OCH3 is 1. The summed E-state index contributed by atoms with van der Waals surface area (Å²) < 4.78 is 6.75. The summed E-state index contributed by atoms with van der Waals surface area (Å²) in [6.45, 7) is 1.41. The normalized spacial score (nSPS) is 16.4. The van der Waals surface area contributed by atoms with Crippen LogP contribution in [0.3, 0.4) is 0 Å². The van der Waals surface area contributed by atoms with Gasteiger partial charge < -0.3 is 20.7 Å². The highest BCUT2D eigenvalue weighted by atomic mass is 16.5. The molecule has 5 rings (SSSR count). The quantitative estimate of drug-likeness (QED) is 0.582. The van der Waals surface area contributed by atoms with E-state index in [4.69, 9.17) is 10.5 Å². The molecule has 2 heterocycles. The maximum absolute atomic E-state index is 13.6. The Balaban J connectivity index is 1.51. The minimum atomic E-state index is -0.636. The van der Waals surface area contributed by atoms with Crippen molar-refractivity contribution in [2.75, 3.05) is 32.1 Å². The maximum Gasteiger partial charge on any atom is 0.277 e. The Morgan fingerprint density at radius 1 is 1.12 bits per heavy atom. The number of ether oxygens (including phenoxy) is 1. The molecule has 1 aliphatic carbocycles. The first-order chi connectivity index (χ1) is 16.0. The van der Waals surface area contributed by atoms with Crippen LogP contribution in [-0.2, 0) is 11.8 Å². The number of anilines is 1. The van der Waals surface area contributed by atoms with Crippen LogP contribution in [0.5, 0.6) is 5.75 Å². The van der Waals surface area contributed by atoms with Gasteiger partial charge in [-0.3, -0.25) is 9.59 Å². The van der Waals surface area contributed by atoms with E-state index >= 15 is 0 Å². The van der Waals surface area contributed by atoms with Crippen molar-refractivity contribution in [2.45, 2.75) is 24.7 Å². The van der Waals surface area contributed by atoms with Gasteiger partial charge in [-0.05, 0) is 68.3 Å². The topological polar surface area (TPSA) is 102 Å². The van der Waals surface area contributed by atoms with Crippen LogP contribution in [0, 0.1) is 0 Å². The molecule has 2 aromatic carbocycles. The lowest BCUT2D eigenvalue weighted by Crippen LogP contribution is -2.39. The van der Waals surface area contributed by atoms with E-state index in [-0.39, 0.29) is 17.0 Å². The molecule has 0 bridgehead atoms. The third-order valence-electron chi connectivity index (χ3n) is 6.73. The van der Waals surface area contributed by atoms with Crippen LogP contribution >= 0.6 is 0 Å². The zero-order chi connectivity index (χ0) is 23.2. The Labute approximate surface area is 192 Å². The number of aromatic nitrogens is 2. The van der Waals surface area contributed by atoms with Crippen LogP contribution in [0.2, 0.25) is 0 Å². The Morgan fingerprint density at radius 2 is 1.79 bits per heavy atom. The van der Waals surface area contributed by atoms with Gasteiger partial charge in [-0.15, -0.1) is 0 Å². The van der Waals surface area contributed by atoms with Gasteiger partial charge in [-0.1, -0.05) is 12.1 Å². The smallest absolute Gasteiger partial charge is 0.277 e. The Kier molecular flexibility index (Phi) is 5.17. The van der Waals surface area contributed by atoms with Gasteiger partial charge in [0.1, 0.15) is 11.4 Å². The van der Waals surface area contributed by atoms with E-state index in [1.165, 1.54) is 23.1 Å². The second-order valence-electron chi connectivity index (χ2n) is 8.71. The van der Waals surface area contributed by atoms with E-state index in [2.05, 4.69) is 22.5 Å². The van der Waals surface area contributed by atoms with Crippen molar-refractivity contribution >= 4 is 17.5 Å². The highest BCUT2D eigenvalue weighted by Crippen LogP contribution is 2.48. The number of hydrogen-bond acceptors (Lipinski definition) is 5. The third kappa shape index (κ3) is 3.56. The number of hydrogen-bond donors (Lipinski definition) is 2. The average molecular weight is 446 g/mol. The summed E-state index contributed by atoms with van der Waals surface area (Å²) in [6.07, 6.45) is 2.85. The second-order valence-corrected chi connectivity index (χ2v) is 8.71. The summed E-state index contributed by atoms with van der Waals surface area (Å²) in [5, 5.41) is 7.70. The van der Waals surface area contributed by atoms with Gasteiger partial charge >= 0.3 is 0 Å². The van der Waals surface area contributed by atoms with Crippen LogP contribution in [0.15, 0.2) is 48.5 Å². The summed E-state index contributed by atoms with van der Waals surface area (Å²) in [4.78, 5) is 27.5. The van der Waals surface area contributed by atoms with E-state index in [9.17, 15) is 9.59 Å². The first-order valence-electron chi connectivity index (χ1n) is 11.1. The number of benzene rings is 2. The van der Waals surface area contributed by atoms with Gasteiger partial charge in [0.2, 0.25) is 0 Å². The molecule has 0 atom stereocenters. The fourth-order valence-electron chi connectivity index (χ4n) is 4.77. The van der Waals surface area contributed by atoms with E-state index < -0.39 is 5.91 Å². The number of nitrogens with zero attached hydrogens (tertiary/aromatic N) is 3. The fraction of sp³-hybridized carbons (Fsp3) is 0.320. The van der Waals surface area contributed by atoms with Crippen molar-refractivity contribution in [3.8, 4) is 11.4 Å². The van der Waals surface area contributed by atoms with Crippen molar-refractivity contribution in [1.29, 1.82) is 0 Å². The molecule has 170 valence electrons. The largest absolute Gasteiger partial charge is 0.497 e. The third-order valence-corrected chi connectivity index (χ3v) is 6.73. The molecule has 1 fully saturated rings. The fourth-order valence-corrected chi connectivity index (χ4v) is 4.77. The second kappa shape index (κ2) is 8.04. The predicted molar refractivity (Wildman–Crippen MR) is 125 cm³/mol. The lowest BCUT2D eigenvalue weighted by Gasteiger charge is -2.28. The molecule has 1 saturated carbocycles. The summed E-state index contributed by atoms with van der Waals surface area (Å²) in [6, 6.07) is 15.4. The first kappa shape index (κ1) is 21.2. The lowest BCUT2D eigenvalue weighted by molar-refractivity contribution is 0.0972. The highest BCUT2D eigenvalue weighted by Gasteiger charge is 2.43. The van der Waals surface area contributed by atoms with E-state index in [1.807, 2.05) is 19.2 Å². The molecular weight excluding hydrogens is 418 g/mol. The van der Waals surface area contributed by atoms with Crippen LogP contribution in [0.1, 0.15) is 44.9 Å². The van der Waals surface area contributed by atoms with Gasteiger partial charge in [0.05, 0.1) is 12.8 Å². The molecule has 2 aliphatic rings. The van der Waals surface area contributed by atoms with Crippen molar-refractivity contribution in [3.05, 3.63) is 71.0 Å². The summed E-state index contributed by atoms with van der Waals surface area (Å²) in [7, 11) is 3.57. The summed E-state index contributed by atoms with van der Waals surface area (Å²) in [5.41, 5.74) is 9.71. The van der Waals surface area contributed by atoms with Gasteiger partial charge in [0, 0.05) is 29.8 Å². The number of fused-ring (bicyclic) bond motifs is 1. The monoisotopic (exact) mass is 445 g/mol. The standard InChI is InChI=1S/C25H27N5O3/c1-27-15-25(12-13-25)16-3-5-17(6-4-16)29-14-11-20-21(23(26)31)28-30(22(20)24(29)32)18-7-9-19(33-2)10-8-18/h3-10,27H,11-15H2,1-2H3,(H2,26,31). The van der Waals surface area contributed by atoms with E-state index in [0.29, 0.717) is 35.7 Å². The molecule has 0 radical (unpaired) electrons. The van der Waals surface area contributed by atoms with Crippen molar-refractivity contribution in [3.63, 3.8) is 0 Å². The minimum Gasteiger partial charge on any atom is -0.497 e. The maximum atomic E-state index is 13.6. The van der Waals surface area contributed by atoms with Crippen molar-refractivity contribution < 1.29 is 14.3 Å². The Bertz CT molecular complexity index is 1210. The molecule has 1 aliphatic heterocycles. The minimum absolute atomic E-state index is 0.145. The molecular formula is C25H27N5O3. The number of carbonyl (C=O) groups is 2. The van der Waals surface area contributed by atoms with Crippen LogP contribution in [0.4, 0.5) is 5.69 Å². The zero-order valence-corrected chi connectivity index (χ0v) is 18.8. The average Bonchev–Trinajstić information content (AvgIpc) is 3.50. The predicted octanol–water partition coefficient (Wildman–Crippen LogP) is 2.43. The van der Waals surface area contributed by atoms with Crippen molar-refractivity contribution in [2.24, 2.45) is 5.73 Å². The number of nitrogens with one attached hydrogen (secondary N) is 1. The molecule has 2 amide bonds. The van der Waals surface area contributed by atoms with E-state index in [0.717, 1.165) is 12.2 Å². The number of amides is 2. The molecule has 1 aromatic heterocycles. The number of likely N-dealkylation sites (N-methyl/N-ethyl adjacent to an activating group) is 1. The molecule has 33 heavy (non-hydrogen) atoms. The first-order valence-corrected chi connectivity index (χ1v) is 11.1. The molecule has 0 unspecified atom stereocenters. The number of carbonyl (C=O) groups excluding carboxylic acids is 2. The lowest BCUT2D eigenvalue weighted by atomic mass is 9.95. The SMILES string of the molecule is CNCC1(c2ccc(N3CCc4c(C(N)=O)nn(-c5ccc(OC)cc5)c4C3=O)cc2)CC1. The van der Waals surface area contributed by atoms with Gasteiger partial charge in [-0.25, -0.2) is 4.68 Å². The van der Waals surface area contributed by atoms with Gasteiger partial charge in [0.25, 0.3) is 11.8 Å². The van der Waals surface area contributed by atoms with E-state index in [1.54, 1.807) is 36.3 Å². The van der Waals surface area contributed by atoms with Crippen LogP contribution in [-0.4, -0.2) is 48.8 Å². The van der Waals surface area contributed by atoms with Crippen molar-refractivity contribution in [1.82, 2.24) is 15.1 Å². The molecule has 0 saturated heterocycles. The number of rotatable bonds is 7. The summed E-state index contributed by atoms with van der Waals surface area (Å²) in [5.74, 6) is -0.144. The zero-order valence-electron chi connectivity index (χ0n) is 18.8. The number of nitrogens with two attached hydrogens (primary N) is 1. The van der Waals surface area contributed by atoms with Gasteiger partial charge in [0.15, 0.2) is 5.69 Å². The number of primary amides is 1. The Hall–Kier alpha value is -3.65.